The molecule has 4 rings (SSSR count). The van der Waals surface area contributed by atoms with Crippen LogP contribution in [0.4, 0.5) is 14.6 Å². The number of carbonyl (C=O) groups excluding carboxylic acids is 1. The van der Waals surface area contributed by atoms with Gasteiger partial charge >= 0.3 is 0 Å². The number of nitrogens with zero attached hydrogens (tertiary/aromatic N) is 3. The fraction of sp³-hybridized carbons (Fsp3) is 0.263. The van der Waals surface area contributed by atoms with Crippen LogP contribution in [0.5, 0.6) is 5.75 Å². The van der Waals surface area contributed by atoms with E-state index in [1.807, 2.05) is 4.90 Å². The van der Waals surface area contributed by atoms with Gasteiger partial charge in [0, 0.05) is 49.3 Å². The van der Waals surface area contributed by atoms with Gasteiger partial charge in [0.05, 0.1) is 12.6 Å². The Morgan fingerprint density at radius 1 is 1.15 bits per heavy atom. The Morgan fingerprint density at radius 3 is 2.59 bits per heavy atom. The van der Waals surface area contributed by atoms with Crippen molar-refractivity contribution in [2.45, 2.75) is 6.42 Å². The normalized spacial score (nSPS) is 14.7. The lowest BCUT2D eigenvalue weighted by molar-refractivity contribution is -0.130. The number of anilines is 1. The number of carbonyl (C=O) groups is 1. The first-order valence-electron chi connectivity index (χ1n) is 8.64. The van der Waals surface area contributed by atoms with Gasteiger partial charge in [0.15, 0.2) is 11.6 Å². The van der Waals surface area contributed by atoms with E-state index in [-0.39, 0.29) is 18.1 Å². The number of piperazine rings is 1. The lowest BCUT2D eigenvalue weighted by atomic mass is 10.1. The zero-order valence-corrected chi connectivity index (χ0v) is 14.5. The standard InChI is InChI=1S/C19H18F2N4O2/c20-15-8-14-12(10-22-17(14)9-16(15)21)7-19(27)25-5-3-24(4-6-25)18-2-1-13(26)11-23-18/h1-2,8-11,22,26H,3-7H2. The number of hydrogen-bond donors (Lipinski definition) is 2. The van der Waals surface area contributed by atoms with E-state index in [2.05, 4.69) is 9.97 Å². The molecule has 0 radical (unpaired) electrons. The molecule has 6 nitrogen and oxygen atoms in total. The quantitative estimate of drug-likeness (QED) is 0.741. The van der Waals surface area contributed by atoms with Crippen LogP contribution in [0.1, 0.15) is 5.56 Å². The van der Waals surface area contributed by atoms with Crippen molar-refractivity contribution < 1.29 is 18.7 Å². The summed E-state index contributed by atoms with van der Waals surface area (Å²) < 4.78 is 26.8. The van der Waals surface area contributed by atoms with Crippen molar-refractivity contribution in [2.75, 3.05) is 31.1 Å². The minimum absolute atomic E-state index is 0.0565. The molecule has 3 heterocycles. The second-order valence-corrected chi connectivity index (χ2v) is 6.55. The largest absolute Gasteiger partial charge is 0.506 e. The number of halogens is 2. The van der Waals surface area contributed by atoms with Gasteiger partial charge in [0.25, 0.3) is 0 Å². The Hall–Kier alpha value is -3.16. The van der Waals surface area contributed by atoms with Crippen LogP contribution < -0.4 is 4.90 Å². The SMILES string of the molecule is O=C(Cc1c[nH]c2cc(F)c(F)cc12)N1CCN(c2ccc(O)cn2)CC1. The highest BCUT2D eigenvalue weighted by Crippen LogP contribution is 2.23. The number of aromatic amines is 1. The summed E-state index contributed by atoms with van der Waals surface area (Å²) in [7, 11) is 0. The molecule has 8 heteroatoms. The van der Waals surface area contributed by atoms with E-state index in [0.29, 0.717) is 42.6 Å². The molecule has 0 aliphatic carbocycles. The summed E-state index contributed by atoms with van der Waals surface area (Å²) in [6.07, 6.45) is 3.15. The molecule has 1 fully saturated rings. The third-order valence-electron chi connectivity index (χ3n) is 4.84. The first-order valence-corrected chi connectivity index (χ1v) is 8.64. The molecule has 1 saturated heterocycles. The molecule has 0 unspecified atom stereocenters. The van der Waals surface area contributed by atoms with E-state index in [9.17, 15) is 18.7 Å². The van der Waals surface area contributed by atoms with E-state index in [4.69, 9.17) is 0 Å². The number of aromatic hydroxyl groups is 1. The predicted octanol–water partition coefficient (Wildman–Crippen LogP) is 2.44. The summed E-state index contributed by atoms with van der Waals surface area (Å²) >= 11 is 0. The first-order chi connectivity index (χ1) is 13.0. The topological polar surface area (TPSA) is 72.5 Å². The highest BCUT2D eigenvalue weighted by atomic mass is 19.2. The molecule has 0 saturated carbocycles. The summed E-state index contributed by atoms with van der Waals surface area (Å²) in [6, 6.07) is 5.55. The van der Waals surface area contributed by atoms with Crippen molar-refractivity contribution in [1.29, 1.82) is 0 Å². The minimum Gasteiger partial charge on any atom is -0.506 e. The number of hydrogen-bond acceptors (Lipinski definition) is 4. The van der Waals surface area contributed by atoms with E-state index < -0.39 is 11.6 Å². The molecule has 2 N–H and O–H groups in total. The Labute approximate surface area is 154 Å². The van der Waals surface area contributed by atoms with Crippen LogP contribution in [0.3, 0.4) is 0 Å². The molecule has 1 aromatic carbocycles. The van der Waals surface area contributed by atoms with Crippen molar-refractivity contribution in [2.24, 2.45) is 0 Å². The maximum atomic E-state index is 13.5. The molecule has 1 aliphatic rings. The highest BCUT2D eigenvalue weighted by molar-refractivity contribution is 5.89. The smallest absolute Gasteiger partial charge is 0.227 e. The lowest BCUT2D eigenvalue weighted by Crippen LogP contribution is -2.49. The summed E-state index contributed by atoms with van der Waals surface area (Å²) in [5.74, 6) is -1.03. The van der Waals surface area contributed by atoms with Gasteiger partial charge in [0.2, 0.25) is 5.91 Å². The number of nitrogens with one attached hydrogen (secondary N) is 1. The van der Waals surface area contributed by atoms with Crippen molar-refractivity contribution in [3.05, 3.63) is 53.9 Å². The number of benzene rings is 1. The van der Waals surface area contributed by atoms with Crippen LogP contribution in [-0.2, 0) is 11.2 Å². The van der Waals surface area contributed by atoms with Gasteiger partial charge in [-0.3, -0.25) is 4.79 Å². The minimum atomic E-state index is -0.925. The second kappa shape index (κ2) is 6.86. The summed E-state index contributed by atoms with van der Waals surface area (Å²) in [5, 5.41) is 9.84. The molecule has 27 heavy (non-hydrogen) atoms. The van der Waals surface area contributed by atoms with Gasteiger partial charge in [-0.1, -0.05) is 0 Å². The molecule has 2 aromatic heterocycles. The average molecular weight is 372 g/mol. The number of pyridine rings is 1. The Balaban J connectivity index is 1.41. The van der Waals surface area contributed by atoms with Crippen molar-refractivity contribution in [3.63, 3.8) is 0 Å². The monoisotopic (exact) mass is 372 g/mol. The Morgan fingerprint density at radius 2 is 1.89 bits per heavy atom. The molecule has 0 spiro atoms. The summed E-state index contributed by atoms with van der Waals surface area (Å²) in [6.45, 7) is 2.37. The fourth-order valence-electron chi connectivity index (χ4n) is 3.35. The molecular formula is C19H18F2N4O2. The molecule has 0 atom stereocenters. The number of rotatable bonds is 3. The van der Waals surface area contributed by atoms with Gasteiger partial charge in [-0.25, -0.2) is 13.8 Å². The van der Waals surface area contributed by atoms with Crippen LogP contribution in [0.25, 0.3) is 10.9 Å². The van der Waals surface area contributed by atoms with Gasteiger partial charge in [-0.2, -0.15) is 0 Å². The predicted molar refractivity (Wildman–Crippen MR) is 96.6 cm³/mol. The van der Waals surface area contributed by atoms with Gasteiger partial charge in [0.1, 0.15) is 11.6 Å². The molecule has 1 amide bonds. The summed E-state index contributed by atoms with van der Waals surface area (Å²) in [5.41, 5.74) is 1.12. The van der Waals surface area contributed by atoms with Crippen molar-refractivity contribution in [1.82, 2.24) is 14.9 Å². The number of amides is 1. The van der Waals surface area contributed by atoms with E-state index >= 15 is 0 Å². The van der Waals surface area contributed by atoms with Crippen LogP contribution in [0.2, 0.25) is 0 Å². The summed E-state index contributed by atoms with van der Waals surface area (Å²) in [4.78, 5) is 23.5. The average Bonchev–Trinajstić information content (AvgIpc) is 3.04. The maximum absolute atomic E-state index is 13.5. The van der Waals surface area contributed by atoms with E-state index in [1.54, 1.807) is 23.2 Å². The Bertz CT molecular complexity index is 979. The number of fused-ring (bicyclic) bond motifs is 1. The first kappa shape index (κ1) is 17.3. The molecule has 1 aliphatic heterocycles. The van der Waals surface area contributed by atoms with Crippen LogP contribution in [0.15, 0.2) is 36.7 Å². The third kappa shape index (κ3) is 3.42. The fourth-order valence-corrected chi connectivity index (χ4v) is 3.35. The molecular weight excluding hydrogens is 354 g/mol. The lowest BCUT2D eigenvalue weighted by Gasteiger charge is -2.35. The zero-order valence-electron chi connectivity index (χ0n) is 14.5. The van der Waals surface area contributed by atoms with E-state index in [0.717, 1.165) is 18.0 Å². The van der Waals surface area contributed by atoms with Gasteiger partial charge < -0.3 is 19.9 Å². The number of H-pyrrole nitrogens is 1. The second-order valence-electron chi connectivity index (χ2n) is 6.55. The zero-order chi connectivity index (χ0) is 19.0. The Kier molecular flexibility index (Phi) is 4.39. The molecule has 140 valence electrons. The van der Waals surface area contributed by atoms with Crippen LogP contribution in [-0.4, -0.2) is 52.1 Å². The van der Waals surface area contributed by atoms with Crippen LogP contribution >= 0.6 is 0 Å². The van der Waals surface area contributed by atoms with Crippen molar-refractivity contribution >= 4 is 22.6 Å². The maximum Gasteiger partial charge on any atom is 0.227 e. The van der Waals surface area contributed by atoms with Crippen molar-refractivity contribution in [3.8, 4) is 5.75 Å². The van der Waals surface area contributed by atoms with Gasteiger partial charge in [-0.15, -0.1) is 0 Å². The third-order valence-corrected chi connectivity index (χ3v) is 4.84. The van der Waals surface area contributed by atoms with Gasteiger partial charge in [-0.05, 0) is 23.8 Å². The van der Waals surface area contributed by atoms with E-state index in [1.165, 1.54) is 6.20 Å². The highest BCUT2D eigenvalue weighted by Gasteiger charge is 2.23. The number of aromatic nitrogens is 2. The molecule has 3 aromatic rings. The molecule has 0 bridgehead atoms. The van der Waals surface area contributed by atoms with Crippen LogP contribution in [0, 0.1) is 11.6 Å².